The molecule has 0 aliphatic heterocycles. The van der Waals surface area contributed by atoms with Crippen molar-refractivity contribution >= 4 is 45.0 Å². The van der Waals surface area contributed by atoms with Gasteiger partial charge in [-0.25, -0.2) is 9.37 Å². The number of fused-ring (bicyclic) bond motifs is 1. The van der Waals surface area contributed by atoms with Gasteiger partial charge in [-0.15, -0.1) is 12.4 Å². The first-order valence-electron chi connectivity index (χ1n) is 8.64. The Morgan fingerprint density at radius 3 is 2.50 bits per heavy atom. The summed E-state index contributed by atoms with van der Waals surface area (Å²) in [7, 11) is 5.60. The standard InChI is InChI=1S/C20H22FN3O2S.ClH/c1-23(2)11-4-12-24(19(25)14-5-7-15(21)8-6-14)20-22-17-13-16(26-3)9-10-18(17)27-20;/h5-10,13H,4,11-12H2,1-3H3;1H. The molecule has 150 valence electrons. The molecule has 0 spiro atoms. The minimum Gasteiger partial charge on any atom is -0.497 e. The summed E-state index contributed by atoms with van der Waals surface area (Å²) < 4.78 is 19.5. The summed E-state index contributed by atoms with van der Waals surface area (Å²) in [4.78, 5) is 21.5. The van der Waals surface area contributed by atoms with Gasteiger partial charge < -0.3 is 9.64 Å². The van der Waals surface area contributed by atoms with Crippen LogP contribution in [0.1, 0.15) is 16.8 Å². The van der Waals surface area contributed by atoms with Crippen LogP contribution in [-0.4, -0.2) is 50.1 Å². The van der Waals surface area contributed by atoms with Crippen LogP contribution in [0.4, 0.5) is 9.52 Å². The third-order valence-electron chi connectivity index (χ3n) is 4.14. The van der Waals surface area contributed by atoms with E-state index in [0.29, 0.717) is 17.2 Å². The topological polar surface area (TPSA) is 45.7 Å². The van der Waals surface area contributed by atoms with Crippen molar-refractivity contribution in [1.29, 1.82) is 0 Å². The van der Waals surface area contributed by atoms with Crippen LogP contribution >= 0.6 is 23.7 Å². The zero-order valence-corrected chi connectivity index (χ0v) is 17.6. The number of amides is 1. The van der Waals surface area contributed by atoms with E-state index in [1.807, 2.05) is 32.3 Å². The van der Waals surface area contributed by atoms with E-state index < -0.39 is 0 Å². The maximum Gasteiger partial charge on any atom is 0.260 e. The van der Waals surface area contributed by atoms with E-state index in [1.54, 1.807) is 12.0 Å². The van der Waals surface area contributed by atoms with E-state index in [2.05, 4.69) is 9.88 Å². The number of halogens is 2. The van der Waals surface area contributed by atoms with Crippen molar-refractivity contribution in [3.8, 4) is 5.75 Å². The summed E-state index contributed by atoms with van der Waals surface area (Å²) >= 11 is 1.46. The molecule has 0 radical (unpaired) electrons. The number of rotatable bonds is 7. The highest BCUT2D eigenvalue weighted by molar-refractivity contribution is 7.22. The van der Waals surface area contributed by atoms with Crippen molar-refractivity contribution in [3.63, 3.8) is 0 Å². The molecular formula is C20H23ClFN3O2S. The van der Waals surface area contributed by atoms with Crippen molar-refractivity contribution < 1.29 is 13.9 Å². The van der Waals surface area contributed by atoms with Crippen molar-refractivity contribution in [1.82, 2.24) is 9.88 Å². The number of benzene rings is 2. The largest absolute Gasteiger partial charge is 0.497 e. The number of hydrogen-bond donors (Lipinski definition) is 0. The number of ether oxygens (including phenoxy) is 1. The number of thiazole rings is 1. The maximum atomic E-state index is 13.2. The lowest BCUT2D eigenvalue weighted by atomic mass is 10.2. The van der Waals surface area contributed by atoms with Gasteiger partial charge in [0.15, 0.2) is 5.13 Å². The van der Waals surface area contributed by atoms with E-state index >= 15 is 0 Å². The lowest BCUT2D eigenvalue weighted by Gasteiger charge is -2.21. The quantitative estimate of drug-likeness (QED) is 0.562. The number of hydrogen-bond acceptors (Lipinski definition) is 5. The summed E-state index contributed by atoms with van der Waals surface area (Å²) in [6.45, 7) is 1.39. The predicted octanol–water partition coefficient (Wildman–Crippen LogP) is 4.46. The van der Waals surface area contributed by atoms with E-state index in [-0.39, 0.29) is 24.1 Å². The minimum atomic E-state index is -0.363. The Bertz CT molecular complexity index is 931. The molecule has 0 unspecified atom stereocenters. The lowest BCUT2D eigenvalue weighted by molar-refractivity contribution is 0.0986. The van der Waals surface area contributed by atoms with Gasteiger partial charge in [0.1, 0.15) is 11.6 Å². The van der Waals surface area contributed by atoms with Gasteiger partial charge in [0.05, 0.1) is 17.3 Å². The van der Waals surface area contributed by atoms with Crippen LogP contribution in [0.3, 0.4) is 0 Å². The SMILES string of the molecule is COc1ccc2sc(N(CCCN(C)C)C(=O)c3ccc(F)cc3)nc2c1.Cl. The Kier molecular flexibility index (Phi) is 7.74. The summed E-state index contributed by atoms with van der Waals surface area (Å²) in [6, 6.07) is 11.3. The number of carbonyl (C=O) groups excluding carboxylic acids is 1. The Labute approximate surface area is 174 Å². The van der Waals surface area contributed by atoms with Crippen molar-refractivity contribution in [3.05, 3.63) is 53.8 Å². The van der Waals surface area contributed by atoms with Crippen LogP contribution in [0.2, 0.25) is 0 Å². The predicted molar refractivity (Wildman–Crippen MR) is 115 cm³/mol. The highest BCUT2D eigenvalue weighted by atomic mass is 35.5. The van der Waals surface area contributed by atoms with E-state index in [0.717, 1.165) is 28.9 Å². The molecule has 3 rings (SSSR count). The first-order chi connectivity index (χ1) is 13.0. The second kappa shape index (κ2) is 9.82. The van der Waals surface area contributed by atoms with Gasteiger partial charge in [0.25, 0.3) is 5.91 Å². The molecule has 1 aromatic heterocycles. The third-order valence-corrected chi connectivity index (χ3v) is 5.20. The van der Waals surface area contributed by atoms with Gasteiger partial charge in [0, 0.05) is 18.2 Å². The fourth-order valence-corrected chi connectivity index (χ4v) is 3.69. The highest BCUT2D eigenvalue weighted by Crippen LogP contribution is 2.32. The first kappa shape index (κ1) is 22.1. The van der Waals surface area contributed by atoms with Gasteiger partial charge in [0.2, 0.25) is 0 Å². The van der Waals surface area contributed by atoms with Crippen molar-refractivity contribution in [2.45, 2.75) is 6.42 Å². The summed E-state index contributed by atoms with van der Waals surface area (Å²) in [5.74, 6) is 0.181. The normalized spacial score (nSPS) is 10.8. The zero-order chi connectivity index (χ0) is 19.4. The Hall–Kier alpha value is -2.22. The van der Waals surface area contributed by atoms with Gasteiger partial charge in [-0.2, -0.15) is 0 Å². The van der Waals surface area contributed by atoms with E-state index in [4.69, 9.17) is 4.74 Å². The molecule has 0 aliphatic carbocycles. The number of anilines is 1. The molecule has 3 aromatic rings. The van der Waals surface area contributed by atoms with Crippen molar-refractivity contribution in [2.24, 2.45) is 0 Å². The molecule has 2 aromatic carbocycles. The Morgan fingerprint density at radius 1 is 1.14 bits per heavy atom. The number of carbonyl (C=O) groups is 1. The fraction of sp³-hybridized carbons (Fsp3) is 0.300. The molecule has 28 heavy (non-hydrogen) atoms. The van der Waals surface area contributed by atoms with Crippen LogP contribution in [0.5, 0.6) is 5.75 Å². The smallest absolute Gasteiger partial charge is 0.260 e. The van der Waals surface area contributed by atoms with Crippen LogP contribution in [0, 0.1) is 5.82 Å². The molecular weight excluding hydrogens is 401 g/mol. The minimum absolute atomic E-state index is 0. The van der Waals surface area contributed by atoms with Crippen LogP contribution in [0.15, 0.2) is 42.5 Å². The molecule has 0 saturated carbocycles. The lowest BCUT2D eigenvalue weighted by Crippen LogP contribution is -2.33. The number of methoxy groups -OCH3 is 1. The zero-order valence-electron chi connectivity index (χ0n) is 16.0. The van der Waals surface area contributed by atoms with Gasteiger partial charge >= 0.3 is 0 Å². The third kappa shape index (κ3) is 5.19. The molecule has 1 heterocycles. The van der Waals surface area contributed by atoms with Crippen LogP contribution in [-0.2, 0) is 0 Å². The Balaban J connectivity index is 0.00000280. The highest BCUT2D eigenvalue weighted by Gasteiger charge is 2.21. The van der Waals surface area contributed by atoms with Crippen LogP contribution in [0.25, 0.3) is 10.2 Å². The molecule has 1 amide bonds. The summed E-state index contributed by atoms with van der Waals surface area (Å²) in [5, 5.41) is 0.631. The molecule has 5 nitrogen and oxygen atoms in total. The molecule has 0 atom stereocenters. The van der Waals surface area contributed by atoms with Gasteiger partial charge in [-0.1, -0.05) is 11.3 Å². The monoisotopic (exact) mass is 423 g/mol. The van der Waals surface area contributed by atoms with E-state index in [1.165, 1.54) is 35.6 Å². The average Bonchev–Trinajstić information content (AvgIpc) is 3.07. The Morgan fingerprint density at radius 2 is 1.86 bits per heavy atom. The molecule has 8 heteroatoms. The van der Waals surface area contributed by atoms with Crippen LogP contribution < -0.4 is 9.64 Å². The second-order valence-electron chi connectivity index (χ2n) is 6.45. The first-order valence-corrected chi connectivity index (χ1v) is 9.46. The van der Waals surface area contributed by atoms with Gasteiger partial charge in [-0.3, -0.25) is 9.69 Å². The van der Waals surface area contributed by atoms with E-state index in [9.17, 15) is 9.18 Å². The molecule has 0 saturated heterocycles. The number of aromatic nitrogens is 1. The second-order valence-corrected chi connectivity index (χ2v) is 7.46. The maximum absolute atomic E-state index is 13.2. The molecule has 0 N–H and O–H groups in total. The summed E-state index contributed by atoms with van der Waals surface area (Å²) in [5.41, 5.74) is 1.23. The molecule has 0 bridgehead atoms. The molecule has 0 aliphatic rings. The molecule has 0 fully saturated rings. The fourth-order valence-electron chi connectivity index (χ4n) is 2.71. The number of nitrogens with zero attached hydrogens (tertiary/aromatic N) is 3. The van der Waals surface area contributed by atoms with Crippen molar-refractivity contribution in [2.75, 3.05) is 39.2 Å². The average molecular weight is 424 g/mol. The van der Waals surface area contributed by atoms with Gasteiger partial charge in [-0.05, 0) is 63.5 Å². The summed E-state index contributed by atoms with van der Waals surface area (Å²) in [6.07, 6.45) is 0.805.